The van der Waals surface area contributed by atoms with Gasteiger partial charge in [0, 0.05) is 18.3 Å². The molecule has 0 aliphatic carbocycles. The van der Waals surface area contributed by atoms with Gasteiger partial charge in [0.1, 0.15) is 11.6 Å². The van der Waals surface area contributed by atoms with Gasteiger partial charge in [0.15, 0.2) is 17.5 Å². The van der Waals surface area contributed by atoms with E-state index in [4.69, 9.17) is 0 Å². The van der Waals surface area contributed by atoms with Gasteiger partial charge in [-0.05, 0) is 54.5 Å². The highest BCUT2D eigenvalue weighted by atomic mass is 19.2. The Bertz CT molecular complexity index is 1060. The number of unbranched alkanes of at least 4 members (excludes halogenated alkanes) is 2. The summed E-state index contributed by atoms with van der Waals surface area (Å²) in [7, 11) is 0. The zero-order chi connectivity index (χ0) is 22.4. The van der Waals surface area contributed by atoms with Gasteiger partial charge in [-0.25, -0.2) is 22.0 Å². The molecule has 0 saturated carbocycles. The van der Waals surface area contributed by atoms with E-state index in [-0.39, 0.29) is 5.69 Å². The predicted molar refractivity (Wildman–Crippen MR) is 113 cm³/mol. The number of hydrogen-bond acceptors (Lipinski definition) is 1. The van der Waals surface area contributed by atoms with E-state index in [1.54, 1.807) is 0 Å². The van der Waals surface area contributed by atoms with Crippen molar-refractivity contribution in [2.45, 2.75) is 25.7 Å². The Labute approximate surface area is 177 Å². The van der Waals surface area contributed by atoms with Crippen LogP contribution in [-0.4, -0.2) is 6.21 Å². The van der Waals surface area contributed by atoms with Crippen LogP contribution in [0.5, 0.6) is 0 Å². The van der Waals surface area contributed by atoms with E-state index < -0.39 is 40.2 Å². The molecule has 0 aliphatic heterocycles. The second-order valence-corrected chi connectivity index (χ2v) is 7.07. The molecule has 0 atom stereocenters. The molecule has 0 radical (unpaired) electrons. The molecule has 0 aliphatic rings. The molecule has 160 valence electrons. The molecule has 0 fully saturated rings. The molecular weight excluding hydrogens is 409 g/mol. The maximum atomic E-state index is 14.5. The van der Waals surface area contributed by atoms with Gasteiger partial charge >= 0.3 is 0 Å². The van der Waals surface area contributed by atoms with E-state index in [2.05, 4.69) is 11.6 Å². The summed E-state index contributed by atoms with van der Waals surface area (Å²) in [5, 5.41) is 0. The number of allylic oxidation sites excluding steroid dienone is 1. The number of hydrogen-bond donors (Lipinski definition) is 0. The van der Waals surface area contributed by atoms with Crippen LogP contribution in [0.3, 0.4) is 0 Å². The third kappa shape index (κ3) is 5.66. The number of benzene rings is 3. The summed E-state index contributed by atoms with van der Waals surface area (Å²) < 4.78 is 68.9. The van der Waals surface area contributed by atoms with Crippen molar-refractivity contribution >= 4 is 11.9 Å². The summed E-state index contributed by atoms with van der Waals surface area (Å²) in [5.41, 5.74) is 0.835. The smallest absolute Gasteiger partial charge is 0.194 e. The third-order valence-electron chi connectivity index (χ3n) is 4.77. The van der Waals surface area contributed by atoms with Crippen LogP contribution in [0.2, 0.25) is 0 Å². The summed E-state index contributed by atoms with van der Waals surface area (Å²) in [6.07, 6.45) is 7.44. The number of aryl methyl sites for hydroxylation is 1. The fraction of sp³-hybridized carbons (Fsp3) is 0.160. The first kappa shape index (κ1) is 22.4. The van der Waals surface area contributed by atoms with Crippen molar-refractivity contribution in [1.29, 1.82) is 0 Å². The minimum absolute atomic E-state index is 0.00435. The second-order valence-electron chi connectivity index (χ2n) is 7.07. The lowest BCUT2D eigenvalue weighted by molar-refractivity contribution is 0.447. The highest BCUT2D eigenvalue weighted by Crippen LogP contribution is 2.31. The van der Waals surface area contributed by atoms with Crippen molar-refractivity contribution in [2.24, 2.45) is 4.99 Å². The van der Waals surface area contributed by atoms with E-state index >= 15 is 0 Å². The van der Waals surface area contributed by atoms with E-state index in [9.17, 15) is 22.0 Å². The molecule has 0 N–H and O–H groups in total. The average molecular weight is 429 g/mol. The number of halogens is 5. The molecule has 31 heavy (non-hydrogen) atoms. The lowest BCUT2D eigenvalue weighted by Gasteiger charge is -2.08. The van der Waals surface area contributed by atoms with Crippen LogP contribution in [0.15, 0.2) is 66.2 Å². The van der Waals surface area contributed by atoms with Gasteiger partial charge in [0.2, 0.25) is 0 Å². The minimum atomic E-state index is -1.70. The van der Waals surface area contributed by atoms with Crippen molar-refractivity contribution in [3.63, 3.8) is 0 Å². The molecule has 0 bridgehead atoms. The molecule has 0 unspecified atom stereocenters. The van der Waals surface area contributed by atoms with Crippen molar-refractivity contribution in [2.75, 3.05) is 0 Å². The minimum Gasteiger partial charge on any atom is -0.256 e. The molecule has 0 spiro atoms. The van der Waals surface area contributed by atoms with Gasteiger partial charge in [-0.15, -0.1) is 6.58 Å². The molecule has 0 aromatic heterocycles. The van der Waals surface area contributed by atoms with Gasteiger partial charge in [-0.2, -0.15) is 0 Å². The fourth-order valence-corrected chi connectivity index (χ4v) is 3.15. The SMILES string of the molecule is C=CCCCCc1ccc(C=Nc2cc(F)c(-c3cc(F)c(F)c(F)c3)c(F)c2)cc1. The Morgan fingerprint density at radius 2 is 1.39 bits per heavy atom. The first-order valence-corrected chi connectivity index (χ1v) is 9.77. The maximum Gasteiger partial charge on any atom is 0.194 e. The first-order valence-electron chi connectivity index (χ1n) is 9.77. The fourth-order valence-electron chi connectivity index (χ4n) is 3.15. The quantitative estimate of drug-likeness (QED) is 0.114. The molecule has 3 aromatic carbocycles. The highest BCUT2D eigenvalue weighted by molar-refractivity contribution is 5.82. The largest absolute Gasteiger partial charge is 0.256 e. The van der Waals surface area contributed by atoms with Crippen LogP contribution < -0.4 is 0 Å². The van der Waals surface area contributed by atoms with Crippen LogP contribution in [0.25, 0.3) is 11.1 Å². The summed E-state index contributed by atoms with van der Waals surface area (Å²) in [6.45, 7) is 3.70. The first-order chi connectivity index (χ1) is 14.9. The van der Waals surface area contributed by atoms with Crippen molar-refractivity contribution in [3.8, 4) is 11.1 Å². The van der Waals surface area contributed by atoms with E-state index in [0.717, 1.165) is 43.4 Å². The van der Waals surface area contributed by atoms with E-state index in [1.807, 2.05) is 30.3 Å². The average Bonchev–Trinajstić information content (AvgIpc) is 2.74. The topological polar surface area (TPSA) is 12.4 Å². The van der Waals surface area contributed by atoms with Crippen LogP contribution in [0.1, 0.15) is 30.4 Å². The monoisotopic (exact) mass is 429 g/mol. The lowest BCUT2D eigenvalue weighted by atomic mass is 10.0. The number of nitrogens with zero attached hydrogens (tertiary/aromatic N) is 1. The molecule has 3 aromatic rings. The maximum absolute atomic E-state index is 14.5. The third-order valence-corrected chi connectivity index (χ3v) is 4.77. The van der Waals surface area contributed by atoms with Crippen molar-refractivity contribution < 1.29 is 22.0 Å². The summed E-state index contributed by atoms with van der Waals surface area (Å²) in [6, 6.07) is 10.6. The lowest BCUT2D eigenvalue weighted by Crippen LogP contribution is -1.96. The van der Waals surface area contributed by atoms with Gasteiger partial charge in [0.05, 0.1) is 11.3 Å². The van der Waals surface area contributed by atoms with Gasteiger partial charge in [-0.3, -0.25) is 4.99 Å². The molecule has 6 heteroatoms. The van der Waals surface area contributed by atoms with Crippen LogP contribution in [-0.2, 0) is 6.42 Å². The normalized spacial score (nSPS) is 11.3. The van der Waals surface area contributed by atoms with Crippen LogP contribution >= 0.6 is 0 Å². The van der Waals surface area contributed by atoms with Crippen molar-refractivity contribution in [3.05, 3.63) is 101 Å². The Kier molecular flexibility index (Phi) is 7.34. The van der Waals surface area contributed by atoms with Gasteiger partial charge in [0.25, 0.3) is 0 Å². The Morgan fingerprint density at radius 1 is 0.774 bits per heavy atom. The second kappa shape index (κ2) is 10.2. The molecule has 3 rings (SSSR count). The molecular formula is C25H20F5N. The van der Waals surface area contributed by atoms with Gasteiger partial charge in [-0.1, -0.05) is 30.3 Å². The molecule has 0 amide bonds. The van der Waals surface area contributed by atoms with Crippen LogP contribution in [0, 0.1) is 29.1 Å². The van der Waals surface area contributed by atoms with E-state index in [1.165, 1.54) is 11.8 Å². The zero-order valence-electron chi connectivity index (χ0n) is 16.6. The Balaban J connectivity index is 1.76. The standard InChI is InChI=1S/C25H20F5N/c1-2-3-4-5-6-16-7-9-17(10-8-16)15-31-19-13-20(26)24(21(27)14-19)18-11-22(28)25(30)23(29)12-18/h2,7-15H,1,3-6H2. The predicted octanol–water partition coefficient (Wildman–Crippen LogP) is 7.70. The zero-order valence-corrected chi connectivity index (χ0v) is 16.6. The Morgan fingerprint density at radius 3 is 1.97 bits per heavy atom. The van der Waals surface area contributed by atoms with Gasteiger partial charge < -0.3 is 0 Å². The number of rotatable bonds is 8. The molecule has 0 heterocycles. The van der Waals surface area contributed by atoms with Crippen LogP contribution in [0.4, 0.5) is 27.6 Å². The summed E-state index contributed by atoms with van der Waals surface area (Å²) in [4.78, 5) is 4.07. The number of aliphatic imine (C=N–C) groups is 1. The summed E-state index contributed by atoms with van der Waals surface area (Å²) >= 11 is 0. The highest BCUT2D eigenvalue weighted by Gasteiger charge is 2.18. The summed E-state index contributed by atoms with van der Waals surface area (Å²) in [5.74, 6) is -6.88. The van der Waals surface area contributed by atoms with E-state index in [0.29, 0.717) is 12.1 Å². The molecule has 0 saturated heterocycles. The van der Waals surface area contributed by atoms with Crippen molar-refractivity contribution in [1.82, 2.24) is 0 Å². The molecule has 1 nitrogen and oxygen atoms in total. The Hall–Kier alpha value is -3.28.